The van der Waals surface area contributed by atoms with Gasteiger partial charge in [-0.2, -0.15) is 8.78 Å². The van der Waals surface area contributed by atoms with E-state index < -0.39 is 34.6 Å². The number of halogens is 7. The van der Waals surface area contributed by atoms with Crippen LogP contribution in [0.1, 0.15) is 5.56 Å². The Balaban J connectivity index is 0.00000300. The Morgan fingerprint density at radius 3 is 2.24 bits per heavy atom. The minimum atomic E-state index is -1.67. The normalized spacial score (nSPS) is 14.8. The second-order valence-electron chi connectivity index (χ2n) is 5.99. The average molecular weight is 473 g/mol. The fraction of sp³-hybridized carbons (Fsp3) is 0.263. The van der Waals surface area contributed by atoms with E-state index in [1.165, 1.54) is 24.3 Å². The molecule has 0 unspecified atom stereocenters. The lowest BCUT2D eigenvalue weighted by atomic mass is 10.1. The maximum absolute atomic E-state index is 14.4. The lowest BCUT2D eigenvalue weighted by molar-refractivity contribution is 0.0435. The van der Waals surface area contributed by atoms with Gasteiger partial charge < -0.3 is 9.47 Å². The van der Waals surface area contributed by atoms with Crippen LogP contribution in [0.5, 0.6) is 11.5 Å². The molecule has 2 aromatic rings. The molecule has 1 heterocycles. The van der Waals surface area contributed by atoms with Crippen molar-refractivity contribution in [2.75, 3.05) is 32.8 Å². The standard InChI is InChI=1S/C19H15Cl2F4NO2.ClH/c20-11-3-4-13(21)14(10-11)28-19-17(24)15(22)12(16(23)18(19)25)2-1-5-26-6-8-27-9-7-26;/h1-4,10H,5-9H2;1H. The number of rotatable bonds is 5. The molecule has 10 heteroatoms. The third-order valence-electron chi connectivity index (χ3n) is 4.11. The van der Waals surface area contributed by atoms with Crippen LogP contribution in [0.15, 0.2) is 24.3 Å². The molecule has 0 aromatic heterocycles. The molecule has 3 nitrogen and oxygen atoms in total. The highest BCUT2D eigenvalue weighted by atomic mass is 35.5. The Hall–Kier alpha value is -1.51. The van der Waals surface area contributed by atoms with E-state index in [9.17, 15) is 17.6 Å². The molecule has 1 fully saturated rings. The predicted molar refractivity (Wildman–Crippen MR) is 106 cm³/mol. The SMILES string of the molecule is Cl.Fc1c(F)c(Oc2cc(Cl)ccc2Cl)c(F)c(F)c1C=CCN1CCOCC1. The molecule has 0 bridgehead atoms. The molecular formula is C19H16Cl3F4NO2. The maximum atomic E-state index is 14.4. The monoisotopic (exact) mass is 471 g/mol. The molecule has 0 spiro atoms. The van der Waals surface area contributed by atoms with Gasteiger partial charge in [-0.1, -0.05) is 35.4 Å². The highest BCUT2D eigenvalue weighted by molar-refractivity contribution is 6.34. The first-order valence-electron chi connectivity index (χ1n) is 8.34. The molecule has 0 aliphatic carbocycles. The van der Waals surface area contributed by atoms with Crippen LogP contribution in [0.2, 0.25) is 10.0 Å². The Labute approximate surface area is 181 Å². The Morgan fingerprint density at radius 2 is 1.62 bits per heavy atom. The molecule has 0 atom stereocenters. The zero-order valence-corrected chi connectivity index (χ0v) is 17.2. The van der Waals surface area contributed by atoms with Crippen molar-refractivity contribution >= 4 is 41.7 Å². The van der Waals surface area contributed by atoms with E-state index in [2.05, 4.69) is 0 Å². The summed E-state index contributed by atoms with van der Waals surface area (Å²) in [6.07, 6.45) is 2.43. The van der Waals surface area contributed by atoms with Crippen LogP contribution in [0, 0.1) is 23.3 Å². The molecular weight excluding hydrogens is 457 g/mol. The van der Waals surface area contributed by atoms with Gasteiger partial charge in [-0.25, -0.2) is 8.78 Å². The van der Waals surface area contributed by atoms with Crippen molar-refractivity contribution in [3.05, 3.63) is 63.2 Å². The van der Waals surface area contributed by atoms with Gasteiger partial charge in [0.2, 0.25) is 17.4 Å². The van der Waals surface area contributed by atoms with Crippen LogP contribution >= 0.6 is 35.6 Å². The number of benzene rings is 2. The summed E-state index contributed by atoms with van der Waals surface area (Å²) >= 11 is 11.6. The smallest absolute Gasteiger partial charge is 0.205 e. The number of morpholine rings is 1. The van der Waals surface area contributed by atoms with Crippen molar-refractivity contribution < 1.29 is 27.0 Å². The molecule has 0 amide bonds. The van der Waals surface area contributed by atoms with E-state index in [4.69, 9.17) is 32.7 Å². The van der Waals surface area contributed by atoms with Gasteiger partial charge in [0.1, 0.15) is 5.75 Å². The van der Waals surface area contributed by atoms with Crippen molar-refractivity contribution in [3.63, 3.8) is 0 Å². The molecule has 1 aliphatic heterocycles. The van der Waals surface area contributed by atoms with Gasteiger partial charge >= 0.3 is 0 Å². The average Bonchev–Trinajstić information content (AvgIpc) is 2.69. The van der Waals surface area contributed by atoms with Gasteiger partial charge in [0, 0.05) is 30.7 Å². The van der Waals surface area contributed by atoms with Crippen LogP contribution < -0.4 is 4.74 Å². The minimum Gasteiger partial charge on any atom is -0.449 e. The fourth-order valence-corrected chi connectivity index (χ4v) is 2.95. The van der Waals surface area contributed by atoms with Crippen LogP contribution in [0.25, 0.3) is 6.08 Å². The Bertz CT molecular complexity index is 877. The zero-order valence-electron chi connectivity index (χ0n) is 14.9. The van der Waals surface area contributed by atoms with Crippen molar-refractivity contribution in [2.45, 2.75) is 0 Å². The highest BCUT2D eigenvalue weighted by Crippen LogP contribution is 2.37. The fourth-order valence-electron chi connectivity index (χ4n) is 2.63. The summed E-state index contributed by atoms with van der Waals surface area (Å²) in [5.74, 6) is -7.93. The van der Waals surface area contributed by atoms with Gasteiger partial charge in [-0.3, -0.25) is 4.90 Å². The lowest BCUT2D eigenvalue weighted by Gasteiger charge is -2.25. The molecule has 1 aliphatic rings. The molecule has 0 saturated carbocycles. The molecule has 2 aromatic carbocycles. The van der Waals surface area contributed by atoms with Crippen LogP contribution in [0.3, 0.4) is 0 Å². The summed E-state index contributed by atoms with van der Waals surface area (Å²) < 4.78 is 67.6. The first kappa shape index (κ1) is 23.8. The van der Waals surface area contributed by atoms with E-state index >= 15 is 0 Å². The van der Waals surface area contributed by atoms with Crippen LogP contribution in [0.4, 0.5) is 17.6 Å². The van der Waals surface area contributed by atoms with E-state index in [0.29, 0.717) is 32.8 Å². The Kier molecular flexibility index (Phi) is 8.60. The molecule has 29 heavy (non-hydrogen) atoms. The summed E-state index contributed by atoms with van der Waals surface area (Å²) in [6.45, 7) is 2.79. The maximum Gasteiger partial charge on any atom is 0.205 e. The van der Waals surface area contributed by atoms with Crippen molar-refractivity contribution in [1.29, 1.82) is 0 Å². The van der Waals surface area contributed by atoms with Gasteiger partial charge in [-0.05, 0) is 12.1 Å². The van der Waals surface area contributed by atoms with E-state index in [1.807, 2.05) is 4.90 Å². The third-order valence-corrected chi connectivity index (χ3v) is 4.66. The summed E-state index contributed by atoms with van der Waals surface area (Å²) in [6, 6.07) is 3.92. The number of hydrogen-bond acceptors (Lipinski definition) is 3. The zero-order chi connectivity index (χ0) is 20.3. The summed E-state index contributed by atoms with van der Waals surface area (Å²) in [5.41, 5.74) is -0.826. The quantitative estimate of drug-likeness (QED) is 0.387. The van der Waals surface area contributed by atoms with E-state index in [-0.39, 0.29) is 28.2 Å². The summed E-state index contributed by atoms with van der Waals surface area (Å²) in [4.78, 5) is 1.97. The predicted octanol–water partition coefficient (Wildman–Crippen LogP) is 6.11. The first-order chi connectivity index (χ1) is 13.4. The molecule has 0 radical (unpaired) electrons. The second kappa shape index (κ2) is 10.5. The highest BCUT2D eigenvalue weighted by Gasteiger charge is 2.26. The van der Waals surface area contributed by atoms with Crippen molar-refractivity contribution in [1.82, 2.24) is 4.90 Å². The summed E-state index contributed by atoms with van der Waals surface area (Å²) in [5, 5.41) is 0.141. The molecule has 0 N–H and O–H groups in total. The van der Waals surface area contributed by atoms with Crippen LogP contribution in [-0.4, -0.2) is 37.7 Å². The van der Waals surface area contributed by atoms with Crippen molar-refractivity contribution in [3.8, 4) is 11.5 Å². The molecule has 3 rings (SSSR count). The topological polar surface area (TPSA) is 21.7 Å². The number of hydrogen-bond donors (Lipinski definition) is 0. The van der Waals surface area contributed by atoms with E-state index in [1.54, 1.807) is 0 Å². The molecule has 158 valence electrons. The van der Waals surface area contributed by atoms with E-state index in [0.717, 1.165) is 6.08 Å². The number of ether oxygens (including phenoxy) is 2. The van der Waals surface area contributed by atoms with Crippen molar-refractivity contribution in [2.24, 2.45) is 0 Å². The van der Waals surface area contributed by atoms with Gasteiger partial charge in [0.05, 0.1) is 23.8 Å². The third kappa shape index (κ3) is 5.55. The molecule has 1 saturated heterocycles. The van der Waals surface area contributed by atoms with Gasteiger partial charge in [0.15, 0.2) is 11.6 Å². The van der Waals surface area contributed by atoms with Gasteiger partial charge in [0.25, 0.3) is 0 Å². The number of nitrogens with zero attached hydrogens (tertiary/aromatic N) is 1. The summed E-state index contributed by atoms with van der Waals surface area (Å²) in [7, 11) is 0. The largest absolute Gasteiger partial charge is 0.449 e. The Morgan fingerprint density at radius 1 is 1.00 bits per heavy atom. The first-order valence-corrected chi connectivity index (χ1v) is 9.09. The second-order valence-corrected chi connectivity index (χ2v) is 6.83. The van der Waals surface area contributed by atoms with Gasteiger partial charge in [-0.15, -0.1) is 12.4 Å². The van der Waals surface area contributed by atoms with Crippen LogP contribution in [-0.2, 0) is 4.74 Å². The lowest BCUT2D eigenvalue weighted by Crippen LogP contribution is -2.36. The minimum absolute atomic E-state index is 0.